The van der Waals surface area contributed by atoms with Crippen LogP contribution in [-0.4, -0.2) is 35.1 Å². The van der Waals surface area contributed by atoms with Crippen molar-refractivity contribution in [1.29, 1.82) is 0 Å². The number of pyridine rings is 1. The molecule has 1 aromatic heterocycles. The van der Waals surface area contributed by atoms with E-state index in [1.807, 2.05) is 30.3 Å². The molecule has 5 nitrogen and oxygen atoms in total. The first kappa shape index (κ1) is 19.0. The number of aromatic nitrogens is 1. The molecule has 1 N–H and O–H groups in total. The number of rotatable bonds is 3. The Morgan fingerprint density at radius 2 is 1.93 bits per heavy atom. The predicted octanol–water partition coefficient (Wildman–Crippen LogP) is 4.94. The van der Waals surface area contributed by atoms with Crippen molar-refractivity contribution < 1.29 is 22.7 Å². The molecule has 1 atom stereocenters. The van der Waals surface area contributed by atoms with Crippen LogP contribution >= 0.6 is 0 Å². The average Bonchev–Trinajstić information content (AvgIpc) is 3.16. The summed E-state index contributed by atoms with van der Waals surface area (Å²) in [5.74, 6) is 0.480. The van der Waals surface area contributed by atoms with Crippen molar-refractivity contribution in [2.24, 2.45) is 0 Å². The lowest BCUT2D eigenvalue weighted by Crippen LogP contribution is -2.34. The summed E-state index contributed by atoms with van der Waals surface area (Å²) in [6, 6.07) is 15.5. The van der Waals surface area contributed by atoms with Gasteiger partial charge in [-0.3, -0.25) is 0 Å². The highest BCUT2D eigenvalue weighted by Crippen LogP contribution is 2.30. The van der Waals surface area contributed by atoms with Gasteiger partial charge in [0.1, 0.15) is 6.10 Å². The Morgan fingerprint density at radius 1 is 1.10 bits per heavy atom. The molecule has 3 aromatic rings. The number of nitrogens with zero attached hydrogens (tertiary/aromatic N) is 2. The van der Waals surface area contributed by atoms with E-state index in [-0.39, 0.29) is 11.8 Å². The van der Waals surface area contributed by atoms with E-state index in [1.54, 1.807) is 6.07 Å². The molecular weight excluding hydrogens is 383 g/mol. The monoisotopic (exact) mass is 401 g/mol. The highest BCUT2D eigenvalue weighted by Gasteiger charge is 2.31. The highest BCUT2D eigenvalue weighted by atomic mass is 19.4. The fourth-order valence-corrected chi connectivity index (χ4v) is 3.27. The third-order valence-electron chi connectivity index (χ3n) is 4.73. The standard InChI is InChI=1S/C21H18F3N3O2/c22-21(23,24)15-5-3-6-16(12-15)25-20(28)27-11-10-17(13-27)29-19-9-8-14-4-1-2-7-18(14)26-19/h1-9,12,17H,10-11,13H2,(H,25,28). The molecule has 1 saturated heterocycles. The Kier molecular flexibility index (Phi) is 5.00. The summed E-state index contributed by atoms with van der Waals surface area (Å²) in [6.45, 7) is 0.780. The number of carbonyl (C=O) groups is 1. The van der Waals surface area contributed by atoms with Crippen molar-refractivity contribution in [1.82, 2.24) is 9.88 Å². The van der Waals surface area contributed by atoms with Crippen molar-refractivity contribution in [2.75, 3.05) is 18.4 Å². The van der Waals surface area contributed by atoms with Gasteiger partial charge in [0.25, 0.3) is 0 Å². The topological polar surface area (TPSA) is 54.5 Å². The van der Waals surface area contributed by atoms with Gasteiger partial charge in [-0.15, -0.1) is 0 Å². The molecule has 2 aromatic carbocycles. The van der Waals surface area contributed by atoms with Crippen LogP contribution in [0.5, 0.6) is 5.88 Å². The van der Waals surface area contributed by atoms with E-state index in [4.69, 9.17) is 4.74 Å². The van der Waals surface area contributed by atoms with E-state index in [0.717, 1.165) is 23.0 Å². The maximum absolute atomic E-state index is 12.8. The molecule has 4 rings (SSSR count). The van der Waals surface area contributed by atoms with Crippen molar-refractivity contribution in [3.63, 3.8) is 0 Å². The lowest BCUT2D eigenvalue weighted by molar-refractivity contribution is -0.137. The van der Waals surface area contributed by atoms with E-state index >= 15 is 0 Å². The summed E-state index contributed by atoms with van der Waals surface area (Å²) in [7, 11) is 0. The molecular formula is C21H18F3N3O2. The highest BCUT2D eigenvalue weighted by molar-refractivity contribution is 5.89. The number of ether oxygens (including phenoxy) is 1. The van der Waals surface area contributed by atoms with Crippen LogP contribution in [0.2, 0.25) is 0 Å². The molecule has 29 heavy (non-hydrogen) atoms. The lowest BCUT2D eigenvalue weighted by atomic mass is 10.2. The second-order valence-corrected chi connectivity index (χ2v) is 6.83. The van der Waals surface area contributed by atoms with Gasteiger partial charge in [-0.05, 0) is 30.3 Å². The molecule has 150 valence electrons. The van der Waals surface area contributed by atoms with Gasteiger partial charge in [-0.1, -0.05) is 24.3 Å². The number of alkyl halides is 3. The van der Waals surface area contributed by atoms with Crippen molar-refractivity contribution in [2.45, 2.75) is 18.7 Å². The average molecular weight is 401 g/mol. The van der Waals surface area contributed by atoms with Crippen LogP contribution in [0.1, 0.15) is 12.0 Å². The quantitative estimate of drug-likeness (QED) is 0.677. The number of nitrogens with one attached hydrogen (secondary N) is 1. The molecule has 1 fully saturated rings. The predicted molar refractivity (Wildman–Crippen MR) is 103 cm³/mol. The number of benzene rings is 2. The van der Waals surface area contributed by atoms with Gasteiger partial charge in [0.15, 0.2) is 0 Å². The van der Waals surface area contributed by atoms with Crippen LogP contribution in [0, 0.1) is 0 Å². The van der Waals surface area contributed by atoms with Gasteiger partial charge in [0.05, 0.1) is 17.6 Å². The Bertz CT molecular complexity index is 1040. The Morgan fingerprint density at radius 3 is 2.76 bits per heavy atom. The molecule has 1 unspecified atom stereocenters. The van der Waals surface area contributed by atoms with Crippen LogP contribution in [0.3, 0.4) is 0 Å². The first-order valence-corrected chi connectivity index (χ1v) is 9.14. The molecule has 0 bridgehead atoms. The number of urea groups is 1. The third-order valence-corrected chi connectivity index (χ3v) is 4.73. The fourth-order valence-electron chi connectivity index (χ4n) is 3.27. The number of likely N-dealkylation sites (tertiary alicyclic amines) is 1. The van der Waals surface area contributed by atoms with Crippen LogP contribution in [0.15, 0.2) is 60.7 Å². The largest absolute Gasteiger partial charge is 0.472 e. The van der Waals surface area contributed by atoms with E-state index in [2.05, 4.69) is 10.3 Å². The van der Waals surface area contributed by atoms with Crippen LogP contribution < -0.4 is 10.1 Å². The summed E-state index contributed by atoms with van der Waals surface area (Å²) in [5, 5.41) is 3.53. The minimum Gasteiger partial charge on any atom is -0.472 e. The second-order valence-electron chi connectivity index (χ2n) is 6.83. The molecule has 2 heterocycles. The zero-order chi connectivity index (χ0) is 20.4. The molecule has 2 amide bonds. The summed E-state index contributed by atoms with van der Waals surface area (Å²) in [4.78, 5) is 18.4. The number of carbonyl (C=O) groups excluding carboxylic acids is 1. The van der Waals surface area contributed by atoms with E-state index in [0.29, 0.717) is 25.4 Å². The molecule has 0 aliphatic carbocycles. The number of anilines is 1. The Balaban J connectivity index is 1.37. The summed E-state index contributed by atoms with van der Waals surface area (Å²) in [6.07, 6.45) is -4.07. The van der Waals surface area contributed by atoms with Gasteiger partial charge in [0.2, 0.25) is 5.88 Å². The zero-order valence-electron chi connectivity index (χ0n) is 15.3. The van der Waals surface area contributed by atoms with Gasteiger partial charge in [-0.25, -0.2) is 9.78 Å². The molecule has 0 spiro atoms. The third kappa shape index (κ3) is 4.42. The number of fused-ring (bicyclic) bond motifs is 1. The van der Waals surface area contributed by atoms with Crippen LogP contribution in [0.25, 0.3) is 10.9 Å². The molecule has 1 aliphatic heterocycles. The van der Waals surface area contributed by atoms with Crippen molar-refractivity contribution in [3.8, 4) is 5.88 Å². The molecule has 0 radical (unpaired) electrons. The fraction of sp³-hybridized carbons (Fsp3) is 0.238. The van der Waals surface area contributed by atoms with Crippen molar-refractivity contribution >= 4 is 22.6 Å². The Labute approximate surface area is 165 Å². The molecule has 0 saturated carbocycles. The van der Waals surface area contributed by atoms with Gasteiger partial charge in [-0.2, -0.15) is 13.2 Å². The zero-order valence-corrected chi connectivity index (χ0v) is 15.3. The smallest absolute Gasteiger partial charge is 0.416 e. The minimum absolute atomic E-state index is 0.102. The molecule has 8 heteroatoms. The van der Waals surface area contributed by atoms with Crippen molar-refractivity contribution in [3.05, 3.63) is 66.2 Å². The first-order valence-electron chi connectivity index (χ1n) is 9.14. The maximum atomic E-state index is 12.8. The maximum Gasteiger partial charge on any atom is 0.416 e. The number of hydrogen-bond donors (Lipinski definition) is 1. The van der Waals surface area contributed by atoms with E-state index in [1.165, 1.54) is 17.0 Å². The number of halogens is 3. The van der Waals surface area contributed by atoms with Crippen LogP contribution in [-0.2, 0) is 6.18 Å². The van der Waals surface area contributed by atoms with Crippen LogP contribution in [0.4, 0.5) is 23.7 Å². The number of para-hydroxylation sites is 1. The van der Waals surface area contributed by atoms with Gasteiger partial charge in [0, 0.05) is 30.1 Å². The van der Waals surface area contributed by atoms with Gasteiger partial charge < -0.3 is 15.0 Å². The second kappa shape index (κ2) is 7.62. The first-order chi connectivity index (χ1) is 13.9. The Hall–Kier alpha value is -3.29. The number of hydrogen-bond acceptors (Lipinski definition) is 3. The summed E-state index contributed by atoms with van der Waals surface area (Å²) >= 11 is 0. The van der Waals surface area contributed by atoms with E-state index < -0.39 is 17.8 Å². The number of amides is 2. The minimum atomic E-state index is -4.46. The SMILES string of the molecule is O=C(Nc1cccc(C(F)(F)F)c1)N1CCC(Oc2ccc3ccccc3n2)C1. The summed E-state index contributed by atoms with van der Waals surface area (Å²) in [5.41, 5.74) is 0.118. The summed E-state index contributed by atoms with van der Waals surface area (Å²) < 4.78 is 44.3. The lowest BCUT2D eigenvalue weighted by Gasteiger charge is -2.18. The normalized spacial score (nSPS) is 16.8. The molecule has 1 aliphatic rings. The van der Waals surface area contributed by atoms with Gasteiger partial charge >= 0.3 is 12.2 Å². The van der Waals surface area contributed by atoms with E-state index in [9.17, 15) is 18.0 Å².